The molecule has 0 bridgehead atoms. The van der Waals surface area contributed by atoms with Crippen molar-refractivity contribution in [3.8, 4) is 5.75 Å². The lowest BCUT2D eigenvalue weighted by Crippen LogP contribution is -2.31. The van der Waals surface area contributed by atoms with Crippen LogP contribution < -0.4 is 4.74 Å². The highest BCUT2D eigenvalue weighted by molar-refractivity contribution is 5.48. The fourth-order valence-corrected chi connectivity index (χ4v) is 2.60. The van der Waals surface area contributed by atoms with Crippen LogP contribution in [-0.4, -0.2) is 11.7 Å². The maximum absolute atomic E-state index is 10.8. The second-order valence-corrected chi connectivity index (χ2v) is 5.53. The molecule has 1 N–H and O–H groups in total. The zero-order valence-corrected chi connectivity index (χ0v) is 9.92. The van der Waals surface area contributed by atoms with Gasteiger partial charge in [0.25, 0.3) is 0 Å². The van der Waals surface area contributed by atoms with E-state index in [0.29, 0.717) is 0 Å². The molecule has 1 aromatic carbocycles. The zero-order valence-electron chi connectivity index (χ0n) is 9.92. The minimum absolute atomic E-state index is 0.0358. The number of para-hydroxylation sites is 1. The highest BCUT2D eigenvalue weighted by Crippen LogP contribution is 2.59. The number of aliphatic hydroxyl groups is 1. The summed E-state index contributed by atoms with van der Waals surface area (Å²) in [7, 11) is 0. The van der Waals surface area contributed by atoms with Crippen LogP contribution >= 0.6 is 0 Å². The third-order valence-corrected chi connectivity index (χ3v) is 4.41. The van der Waals surface area contributed by atoms with Crippen molar-refractivity contribution < 1.29 is 9.84 Å². The van der Waals surface area contributed by atoms with Gasteiger partial charge in [-0.3, -0.25) is 0 Å². The van der Waals surface area contributed by atoms with Crippen LogP contribution in [-0.2, 0) is 12.0 Å². The number of fused-ring (bicyclic) bond motifs is 1. The highest BCUT2D eigenvalue weighted by atomic mass is 16.5. The van der Waals surface area contributed by atoms with Gasteiger partial charge in [0.05, 0.1) is 12.2 Å². The lowest BCUT2D eigenvalue weighted by molar-refractivity contribution is -0.0145. The van der Waals surface area contributed by atoms with Gasteiger partial charge in [-0.1, -0.05) is 25.1 Å². The summed E-state index contributed by atoms with van der Waals surface area (Å²) in [5.41, 5.74) is 1.49. The Hall–Kier alpha value is -1.02. The molecule has 1 atom stereocenters. The molecule has 0 spiro atoms. The molecule has 2 nitrogen and oxygen atoms in total. The molecule has 0 amide bonds. The predicted molar refractivity (Wildman–Crippen MR) is 62.6 cm³/mol. The van der Waals surface area contributed by atoms with Crippen molar-refractivity contribution in [2.24, 2.45) is 5.41 Å². The van der Waals surface area contributed by atoms with Gasteiger partial charge in [-0.05, 0) is 25.3 Å². The summed E-state index contributed by atoms with van der Waals surface area (Å²) in [5.74, 6) is 0.931. The van der Waals surface area contributed by atoms with E-state index in [1.54, 1.807) is 0 Å². The number of hydrogen-bond acceptors (Lipinski definition) is 2. The van der Waals surface area contributed by atoms with Crippen LogP contribution in [0.2, 0.25) is 0 Å². The summed E-state index contributed by atoms with van der Waals surface area (Å²) in [6.07, 6.45) is 3.17. The topological polar surface area (TPSA) is 29.5 Å². The first-order valence-corrected chi connectivity index (χ1v) is 6.02. The van der Waals surface area contributed by atoms with E-state index in [2.05, 4.69) is 13.0 Å². The van der Waals surface area contributed by atoms with Gasteiger partial charge in [-0.25, -0.2) is 0 Å². The van der Waals surface area contributed by atoms with Gasteiger partial charge in [0.1, 0.15) is 5.75 Å². The summed E-state index contributed by atoms with van der Waals surface area (Å²) in [6, 6.07) is 6.13. The van der Waals surface area contributed by atoms with Crippen LogP contribution in [0.4, 0.5) is 0 Å². The van der Waals surface area contributed by atoms with Crippen molar-refractivity contribution in [1.82, 2.24) is 0 Å². The second kappa shape index (κ2) is 3.01. The smallest absolute Gasteiger partial charge is 0.128 e. The molecule has 1 saturated carbocycles. The van der Waals surface area contributed by atoms with Crippen LogP contribution in [0.3, 0.4) is 0 Å². The van der Waals surface area contributed by atoms with Gasteiger partial charge in [0.15, 0.2) is 0 Å². The number of hydrogen-bond donors (Lipinski definition) is 1. The van der Waals surface area contributed by atoms with E-state index in [0.717, 1.165) is 37.2 Å². The Morgan fingerprint density at radius 2 is 2.12 bits per heavy atom. The first kappa shape index (κ1) is 10.2. The van der Waals surface area contributed by atoms with Gasteiger partial charge >= 0.3 is 0 Å². The third kappa shape index (κ3) is 1.23. The molecule has 1 fully saturated rings. The van der Waals surface area contributed by atoms with Gasteiger partial charge in [-0.15, -0.1) is 0 Å². The highest BCUT2D eigenvalue weighted by Gasteiger charge is 2.54. The van der Waals surface area contributed by atoms with E-state index in [4.69, 9.17) is 4.74 Å². The average Bonchev–Trinajstić information content (AvgIpc) is 2.84. The fourth-order valence-electron chi connectivity index (χ4n) is 2.60. The Kier molecular flexibility index (Phi) is 1.91. The molecular formula is C14H18O2. The summed E-state index contributed by atoms with van der Waals surface area (Å²) < 4.78 is 5.68. The molecule has 0 saturated heterocycles. The predicted octanol–water partition coefficient (Wildman–Crippen LogP) is 2.63. The van der Waals surface area contributed by atoms with Crippen LogP contribution in [0.15, 0.2) is 18.2 Å². The number of benzene rings is 1. The molecule has 1 aliphatic carbocycles. The van der Waals surface area contributed by atoms with E-state index in [9.17, 15) is 5.11 Å². The monoisotopic (exact) mass is 218 g/mol. The van der Waals surface area contributed by atoms with Gasteiger partial charge in [-0.2, -0.15) is 0 Å². The van der Waals surface area contributed by atoms with Crippen LogP contribution in [0.5, 0.6) is 5.75 Å². The quantitative estimate of drug-likeness (QED) is 0.827. The van der Waals surface area contributed by atoms with E-state index in [1.807, 2.05) is 19.1 Å². The molecule has 1 aromatic rings. The van der Waals surface area contributed by atoms with Crippen LogP contribution in [0.25, 0.3) is 0 Å². The van der Waals surface area contributed by atoms with E-state index < -0.39 is 5.60 Å². The Morgan fingerprint density at radius 1 is 1.38 bits per heavy atom. The molecule has 3 rings (SSSR count). The molecule has 16 heavy (non-hydrogen) atoms. The Labute approximate surface area is 96.2 Å². The van der Waals surface area contributed by atoms with Crippen molar-refractivity contribution in [3.05, 3.63) is 29.3 Å². The van der Waals surface area contributed by atoms with Crippen molar-refractivity contribution in [2.45, 2.75) is 38.7 Å². The van der Waals surface area contributed by atoms with Crippen molar-refractivity contribution in [1.29, 1.82) is 0 Å². The normalized spacial score (nSPS) is 24.4. The SMILES string of the molecule is CC1(C(C)(O)c2cccc3c2OCC3)CC1. The molecule has 0 radical (unpaired) electrons. The maximum atomic E-state index is 10.8. The standard InChI is InChI=1S/C14H18O2/c1-13(7-8-13)14(2,15)11-5-3-4-10-6-9-16-12(10)11/h3-5,15H,6-9H2,1-2H3. The second-order valence-electron chi connectivity index (χ2n) is 5.53. The third-order valence-electron chi connectivity index (χ3n) is 4.41. The van der Waals surface area contributed by atoms with Gasteiger partial charge in [0.2, 0.25) is 0 Å². The first-order chi connectivity index (χ1) is 7.55. The largest absolute Gasteiger partial charge is 0.493 e. The van der Waals surface area contributed by atoms with Crippen molar-refractivity contribution in [3.63, 3.8) is 0 Å². The van der Waals surface area contributed by atoms with Crippen molar-refractivity contribution >= 4 is 0 Å². The average molecular weight is 218 g/mol. The first-order valence-electron chi connectivity index (χ1n) is 6.02. The minimum atomic E-state index is -0.761. The number of rotatable bonds is 2. The summed E-state index contributed by atoms with van der Waals surface area (Å²) in [4.78, 5) is 0. The fraction of sp³-hybridized carbons (Fsp3) is 0.571. The van der Waals surface area contributed by atoms with Crippen molar-refractivity contribution in [2.75, 3.05) is 6.61 Å². The minimum Gasteiger partial charge on any atom is -0.493 e. The molecular weight excluding hydrogens is 200 g/mol. The van der Waals surface area contributed by atoms with E-state index in [1.165, 1.54) is 5.56 Å². The van der Waals surface area contributed by atoms with E-state index in [-0.39, 0.29) is 5.41 Å². The Bertz CT molecular complexity index is 430. The van der Waals surface area contributed by atoms with E-state index >= 15 is 0 Å². The molecule has 1 aliphatic heterocycles. The molecule has 2 heteroatoms. The molecule has 1 heterocycles. The Balaban J connectivity index is 2.10. The zero-order chi connectivity index (χ0) is 11.4. The lowest BCUT2D eigenvalue weighted by Gasteiger charge is -2.32. The molecule has 2 aliphatic rings. The summed E-state index contributed by atoms with van der Waals surface area (Å²) >= 11 is 0. The van der Waals surface area contributed by atoms with Crippen LogP contribution in [0.1, 0.15) is 37.8 Å². The van der Waals surface area contributed by atoms with Gasteiger partial charge in [0, 0.05) is 17.4 Å². The molecule has 0 aromatic heterocycles. The molecule has 1 unspecified atom stereocenters. The number of ether oxygens (including phenoxy) is 1. The Morgan fingerprint density at radius 3 is 2.81 bits per heavy atom. The van der Waals surface area contributed by atoms with Gasteiger partial charge < -0.3 is 9.84 Å². The molecule has 86 valence electrons. The maximum Gasteiger partial charge on any atom is 0.128 e. The lowest BCUT2D eigenvalue weighted by atomic mass is 9.80. The van der Waals surface area contributed by atoms with Crippen LogP contribution in [0, 0.1) is 5.41 Å². The summed E-state index contributed by atoms with van der Waals surface area (Å²) in [6.45, 7) is 4.83. The summed E-state index contributed by atoms with van der Waals surface area (Å²) in [5, 5.41) is 10.8.